The van der Waals surface area contributed by atoms with Crippen molar-refractivity contribution in [2.75, 3.05) is 12.5 Å². The van der Waals surface area contributed by atoms with Crippen LogP contribution in [0.3, 0.4) is 0 Å². The van der Waals surface area contributed by atoms with Gasteiger partial charge in [0.2, 0.25) is 6.79 Å². The third kappa shape index (κ3) is 3.08. The molecular formula is C19H11N5O6. The summed E-state index contributed by atoms with van der Waals surface area (Å²) >= 11 is 0. The molecule has 3 aromatic rings. The quantitative estimate of drug-likeness (QED) is 0.505. The van der Waals surface area contributed by atoms with Crippen molar-refractivity contribution in [3.05, 3.63) is 68.3 Å². The highest BCUT2D eigenvalue weighted by Crippen LogP contribution is 2.44. The summed E-state index contributed by atoms with van der Waals surface area (Å²) in [6.45, 7) is -0.0849. The van der Waals surface area contributed by atoms with Gasteiger partial charge in [0.05, 0.1) is 27.2 Å². The van der Waals surface area contributed by atoms with Crippen molar-refractivity contribution in [3.8, 4) is 40.0 Å². The van der Waals surface area contributed by atoms with Gasteiger partial charge < -0.3 is 15.2 Å². The van der Waals surface area contributed by atoms with Gasteiger partial charge in [0.25, 0.3) is 11.4 Å². The Kier molecular flexibility index (Phi) is 4.36. The van der Waals surface area contributed by atoms with Crippen LogP contribution >= 0.6 is 0 Å². The second kappa shape index (κ2) is 7.02. The molecular weight excluding hydrogens is 394 g/mol. The monoisotopic (exact) mass is 405 g/mol. The molecule has 4 rings (SSSR count). The Morgan fingerprint density at radius 3 is 2.43 bits per heavy atom. The minimum absolute atomic E-state index is 0.0638. The van der Waals surface area contributed by atoms with Crippen molar-refractivity contribution in [2.24, 2.45) is 0 Å². The molecule has 0 atom stereocenters. The molecule has 2 N–H and O–H groups in total. The van der Waals surface area contributed by atoms with Gasteiger partial charge in [-0.3, -0.25) is 20.2 Å². The maximum atomic E-state index is 11.7. The van der Waals surface area contributed by atoms with E-state index in [4.69, 9.17) is 15.2 Å². The predicted octanol–water partition coefficient (Wildman–Crippen LogP) is 3.41. The number of rotatable bonds is 4. The summed E-state index contributed by atoms with van der Waals surface area (Å²) in [5.41, 5.74) is 6.23. The second-order valence-corrected chi connectivity index (χ2v) is 6.21. The zero-order valence-electron chi connectivity index (χ0n) is 15.1. The standard InChI is InChI=1S/C19H11N5O6/c20-8-14-12(13-6-17-18(30-9-29-17)7-16(13)24(27)28)5-15(22-19(14)21)10-2-1-3-11(4-10)23(25)26/h1-7H,9H2,(H2,21,22). The molecule has 0 aliphatic carbocycles. The number of nitrogen functional groups attached to an aromatic ring is 1. The molecule has 0 spiro atoms. The Hall–Kier alpha value is -4.72. The number of anilines is 1. The van der Waals surface area contributed by atoms with Gasteiger partial charge in [-0.2, -0.15) is 5.26 Å². The number of hydrogen-bond donors (Lipinski definition) is 1. The fourth-order valence-corrected chi connectivity index (χ4v) is 3.12. The number of nitrogens with two attached hydrogens (primary N) is 1. The minimum Gasteiger partial charge on any atom is -0.454 e. The smallest absolute Gasteiger partial charge is 0.281 e. The summed E-state index contributed by atoms with van der Waals surface area (Å²) in [4.78, 5) is 25.7. The van der Waals surface area contributed by atoms with Crippen molar-refractivity contribution < 1.29 is 19.3 Å². The second-order valence-electron chi connectivity index (χ2n) is 6.21. The number of aromatic nitrogens is 1. The molecule has 11 heteroatoms. The van der Waals surface area contributed by atoms with Gasteiger partial charge in [-0.15, -0.1) is 0 Å². The molecule has 2 heterocycles. The Bertz CT molecular complexity index is 1270. The van der Waals surface area contributed by atoms with E-state index in [9.17, 15) is 25.5 Å². The van der Waals surface area contributed by atoms with Crippen LogP contribution in [0.25, 0.3) is 22.4 Å². The highest BCUT2D eigenvalue weighted by Gasteiger charge is 2.27. The molecule has 30 heavy (non-hydrogen) atoms. The summed E-state index contributed by atoms with van der Waals surface area (Å²) in [6, 6.07) is 11.6. The molecule has 0 unspecified atom stereocenters. The average Bonchev–Trinajstić information content (AvgIpc) is 3.19. The number of nitro benzene ring substituents is 2. The van der Waals surface area contributed by atoms with Crippen molar-refractivity contribution in [1.29, 1.82) is 5.26 Å². The van der Waals surface area contributed by atoms with Crippen LogP contribution in [0, 0.1) is 31.6 Å². The van der Waals surface area contributed by atoms with Crippen LogP contribution in [0.4, 0.5) is 17.2 Å². The molecule has 0 saturated heterocycles. The molecule has 0 fully saturated rings. The summed E-state index contributed by atoms with van der Waals surface area (Å²) < 4.78 is 10.5. The molecule has 1 aliphatic rings. The average molecular weight is 405 g/mol. The SMILES string of the molecule is N#Cc1c(-c2cc3c(cc2[N+](=O)[O-])OCO3)cc(-c2cccc([N+](=O)[O-])c2)nc1N. The van der Waals surface area contributed by atoms with E-state index in [0.717, 1.165) is 0 Å². The van der Waals surface area contributed by atoms with Gasteiger partial charge in [-0.05, 0) is 12.1 Å². The lowest BCUT2D eigenvalue weighted by Crippen LogP contribution is -2.01. The number of ether oxygens (including phenoxy) is 2. The fourth-order valence-electron chi connectivity index (χ4n) is 3.12. The van der Waals surface area contributed by atoms with E-state index in [1.165, 1.54) is 36.4 Å². The van der Waals surface area contributed by atoms with Gasteiger partial charge in [-0.25, -0.2) is 4.98 Å². The zero-order chi connectivity index (χ0) is 21.4. The van der Waals surface area contributed by atoms with Gasteiger partial charge in [0.15, 0.2) is 11.5 Å². The van der Waals surface area contributed by atoms with Crippen LogP contribution in [0.15, 0.2) is 42.5 Å². The number of fused-ring (bicyclic) bond motifs is 1. The lowest BCUT2D eigenvalue weighted by molar-refractivity contribution is -0.384. The van der Waals surface area contributed by atoms with Crippen LogP contribution in [-0.2, 0) is 0 Å². The first-order chi connectivity index (χ1) is 14.4. The molecule has 1 aliphatic heterocycles. The number of nitriles is 1. The maximum Gasteiger partial charge on any atom is 0.281 e. The lowest BCUT2D eigenvalue weighted by Gasteiger charge is -2.11. The number of pyridine rings is 1. The maximum absolute atomic E-state index is 11.7. The molecule has 148 valence electrons. The van der Waals surface area contributed by atoms with E-state index >= 15 is 0 Å². The Morgan fingerprint density at radius 2 is 1.77 bits per heavy atom. The summed E-state index contributed by atoms with van der Waals surface area (Å²) in [5.74, 6) is 0.333. The highest BCUT2D eigenvalue weighted by molar-refractivity contribution is 5.86. The molecule has 11 nitrogen and oxygen atoms in total. The Balaban J connectivity index is 1.98. The lowest BCUT2D eigenvalue weighted by atomic mass is 9.96. The predicted molar refractivity (Wildman–Crippen MR) is 104 cm³/mol. The number of nitro groups is 2. The molecule has 0 saturated carbocycles. The zero-order valence-corrected chi connectivity index (χ0v) is 15.1. The van der Waals surface area contributed by atoms with E-state index in [2.05, 4.69) is 4.98 Å². The van der Waals surface area contributed by atoms with Crippen LogP contribution in [0.5, 0.6) is 11.5 Å². The molecule has 0 radical (unpaired) electrons. The van der Waals surface area contributed by atoms with Gasteiger partial charge >= 0.3 is 0 Å². The van der Waals surface area contributed by atoms with Crippen LogP contribution in [-0.4, -0.2) is 21.6 Å². The van der Waals surface area contributed by atoms with Crippen molar-refractivity contribution in [1.82, 2.24) is 4.98 Å². The third-order valence-electron chi connectivity index (χ3n) is 4.49. The third-order valence-corrected chi connectivity index (χ3v) is 4.49. The van der Waals surface area contributed by atoms with Crippen LogP contribution < -0.4 is 15.2 Å². The highest BCUT2D eigenvalue weighted by atomic mass is 16.7. The van der Waals surface area contributed by atoms with Gasteiger partial charge in [0, 0.05) is 23.3 Å². The number of benzene rings is 2. The van der Waals surface area contributed by atoms with E-state index in [1.807, 2.05) is 6.07 Å². The summed E-state index contributed by atoms with van der Waals surface area (Å²) in [5, 5.41) is 32.3. The largest absolute Gasteiger partial charge is 0.454 e. The van der Waals surface area contributed by atoms with E-state index < -0.39 is 9.85 Å². The fraction of sp³-hybridized carbons (Fsp3) is 0.0526. The number of non-ortho nitro benzene ring substituents is 1. The van der Waals surface area contributed by atoms with Crippen LogP contribution in [0.1, 0.15) is 5.56 Å². The topological polar surface area (TPSA) is 167 Å². The molecule has 0 bridgehead atoms. The number of nitrogens with zero attached hydrogens (tertiary/aromatic N) is 4. The Labute approximate surface area is 168 Å². The molecule has 2 aromatic carbocycles. The Morgan fingerprint density at radius 1 is 1.03 bits per heavy atom. The normalized spacial score (nSPS) is 11.7. The van der Waals surface area contributed by atoms with E-state index in [0.29, 0.717) is 5.56 Å². The van der Waals surface area contributed by atoms with Gasteiger partial charge in [0.1, 0.15) is 17.5 Å². The van der Waals surface area contributed by atoms with Crippen LogP contribution in [0.2, 0.25) is 0 Å². The van der Waals surface area contributed by atoms with Crippen molar-refractivity contribution in [2.45, 2.75) is 0 Å². The molecule has 0 amide bonds. The van der Waals surface area contributed by atoms with Crippen molar-refractivity contribution in [3.63, 3.8) is 0 Å². The first-order valence-corrected chi connectivity index (χ1v) is 8.43. The molecule has 1 aromatic heterocycles. The van der Waals surface area contributed by atoms with E-state index in [1.54, 1.807) is 6.07 Å². The number of hydrogen-bond acceptors (Lipinski definition) is 9. The summed E-state index contributed by atoms with van der Waals surface area (Å²) in [6.07, 6.45) is 0. The van der Waals surface area contributed by atoms with Crippen molar-refractivity contribution >= 4 is 17.2 Å². The van der Waals surface area contributed by atoms with E-state index in [-0.39, 0.29) is 57.9 Å². The summed E-state index contributed by atoms with van der Waals surface area (Å²) in [7, 11) is 0. The first kappa shape index (κ1) is 18.6. The van der Waals surface area contributed by atoms with Gasteiger partial charge in [-0.1, -0.05) is 12.1 Å². The minimum atomic E-state index is -0.609. The first-order valence-electron chi connectivity index (χ1n) is 8.43.